The molecule has 0 amide bonds. The molecule has 2 unspecified atom stereocenters. The Morgan fingerprint density at radius 3 is 2.62 bits per heavy atom. The number of aliphatic carboxylic acids is 1. The van der Waals surface area contributed by atoms with E-state index in [1.54, 1.807) is 6.26 Å². The number of para-hydroxylation sites is 1. The Bertz CT molecular complexity index is 1000. The van der Waals surface area contributed by atoms with E-state index in [1.807, 2.05) is 47.0 Å². The van der Waals surface area contributed by atoms with E-state index in [1.165, 1.54) is 5.56 Å². The molecule has 0 aliphatic carbocycles. The molecule has 4 nitrogen and oxygen atoms in total. The molecule has 26 heavy (non-hydrogen) atoms. The first-order chi connectivity index (χ1) is 12.6. The Balaban J connectivity index is 1.83. The maximum Gasteiger partial charge on any atom is 0.326 e. The van der Waals surface area contributed by atoms with E-state index in [0.717, 1.165) is 46.3 Å². The van der Waals surface area contributed by atoms with E-state index in [9.17, 15) is 14.1 Å². The van der Waals surface area contributed by atoms with Gasteiger partial charge in [0.25, 0.3) is 0 Å². The zero-order valence-corrected chi connectivity index (χ0v) is 15.5. The molecule has 1 aliphatic heterocycles. The first kappa shape index (κ1) is 17.0. The molecule has 0 fully saturated rings. The van der Waals surface area contributed by atoms with Crippen LogP contribution >= 0.6 is 0 Å². The second kappa shape index (κ2) is 6.72. The van der Waals surface area contributed by atoms with Gasteiger partial charge in [0.1, 0.15) is 6.04 Å². The molecule has 0 spiro atoms. The minimum Gasteiger partial charge on any atom is -0.480 e. The molecule has 1 N–H and O–H groups in total. The van der Waals surface area contributed by atoms with E-state index in [4.69, 9.17) is 0 Å². The maximum atomic E-state index is 11.8. The van der Waals surface area contributed by atoms with E-state index >= 15 is 0 Å². The molecular formula is C21H21NO3S. The van der Waals surface area contributed by atoms with Gasteiger partial charge in [-0.3, -0.25) is 4.21 Å². The Morgan fingerprint density at radius 1 is 1.19 bits per heavy atom. The predicted octanol–water partition coefficient (Wildman–Crippen LogP) is 3.93. The fourth-order valence-electron chi connectivity index (χ4n) is 4.04. The maximum absolute atomic E-state index is 11.8. The first-order valence-corrected chi connectivity index (χ1v) is 10.4. The molecule has 0 saturated carbocycles. The molecule has 5 heteroatoms. The molecule has 4 rings (SSSR count). The standard InChI is InChI=1S/C21H21NO3S/c1-26(25)15-11-9-14(10-12-15)13-17-16-5-2-3-6-18(16)22-19(17)7-4-8-20(22)21(23)24/h2-3,5-6,9-12,20H,4,7-8,13H2,1H3,(H,23,24). The average molecular weight is 367 g/mol. The van der Waals surface area contributed by atoms with Crippen LogP contribution in [0.3, 0.4) is 0 Å². The van der Waals surface area contributed by atoms with Gasteiger partial charge in [-0.25, -0.2) is 4.79 Å². The molecule has 2 heterocycles. The van der Waals surface area contributed by atoms with Crippen LogP contribution in [0, 0.1) is 0 Å². The predicted molar refractivity (Wildman–Crippen MR) is 103 cm³/mol. The molecule has 2 atom stereocenters. The molecule has 0 saturated heterocycles. The van der Waals surface area contributed by atoms with Gasteiger partial charge in [-0.05, 0) is 55.0 Å². The summed E-state index contributed by atoms with van der Waals surface area (Å²) in [5.74, 6) is -0.756. The minimum absolute atomic E-state index is 0.484. The third-order valence-corrected chi connectivity index (χ3v) is 6.19. The van der Waals surface area contributed by atoms with Gasteiger partial charge in [-0.15, -0.1) is 0 Å². The van der Waals surface area contributed by atoms with Gasteiger partial charge >= 0.3 is 5.97 Å². The number of aromatic nitrogens is 1. The monoisotopic (exact) mass is 367 g/mol. The van der Waals surface area contributed by atoms with Crippen LogP contribution in [0.2, 0.25) is 0 Å². The van der Waals surface area contributed by atoms with Crippen LogP contribution in [0.25, 0.3) is 10.9 Å². The number of carboxylic acids is 1. The average Bonchev–Trinajstić information content (AvgIpc) is 2.96. The highest BCUT2D eigenvalue weighted by molar-refractivity contribution is 7.84. The summed E-state index contributed by atoms with van der Waals surface area (Å²) >= 11 is 0. The number of hydrogen-bond donors (Lipinski definition) is 1. The summed E-state index contributed by atoms with van der Waals surface area (Å²) in [5, 5.41) is 10.8. The Morgan fingerprint density at radius 2 is 1.92 bits per heavy atom. The summed E-state index contributed by atoms with van der Waals surface area (Å²) in [4.78, 5) is 12.6. The van der Waals surface area contributed by atoms with Gasteiger partial charge in [0.15, 0.2) is 0 Å². The van der Waals surface area contributed by atoms with Gasteiger partial charge in [0.05, 0.1) is 0 Å². The zero-order chi connectivity index (χ0) is 18.3. The Kier molecular flexibility index (Phi) is 4.41. The van der Waals surface area contributed by atoms with Crippen LogP contribution in [0.15, 0.2) is 53.4 Å². The molecule has 134 valence electrons. The van der Waals surface area contributed by atoms with Crippen LogP contribution in [-0.2, 0) is 28.4 Å². The number of fused-ring (bicyclic) bond motifs is 3. The van der Waals surface area contributed by atoms with Gasteiger partial charge < -0.3 is 9.67 Å². The lowest BCUT2D eigenvalue weighted by atomic mass is 9.97. The fourth-order valence-corrected chi connectivity index (χ4v) is 4.56. The van der Waals surface area contributed by atoms with Crippen molar-refractivity contribution in [2.45, 2.75) is 36.6 Å². The quantitative estimate of drug-likeness (QED) is 0.760. The van der Waals surface area contributed by atoms with Crippen molar-refractivity contribution in [3.8, 4) is 0 Å². The molecule has 3 aromatic rings. The summed E-state index contributed by atoms with van der Waals surface area (Å²) in [5.41, 5.74) is 4.52. The number of carbonyl (C=O) groups is 1. The van der Waals surface area contributed by atoms with Crippen LogP contribution in [0.5, 0.6) is 0 Å². The van der Waals surface area contributed by atoms with Crippen LogP contribution in [0.1, 0.15) is 35.7 Å². The van der Waals surface area contributed by atoms with Crippen molar-refractivity contribution in [2.24, 2.45) is 0 Å². The summed E-state index contributed by atoms with van der Waals surface area (Å²) in [7, 11) is -0.980. The summed E-state index contributed by atoms with van der Waals surface area (Å²) in [6.07, 6.45) is 4.92. The topological polar surface area (TPSA) is 59.3 Å². The highest BCUT2D eigenvalue weighted by atomic mass is 32.2. The lowest BCUT2D eigenvalue weighted by molar-refractivity contribution is -0.141. The number of nitrogens with zero attached hydrogens (tertiary/aromatic N) is 1. The zero-order valence-electron chi connectivity index (χ0n) is 14.6. The van der Waals surface area contributed by atoms with E-state index in [-0.39, 0.29) is 0 Å². The van der Waals surface area contributed by atoms with Crippen molar-refractivity contribution in [3.63, 3.8) is 0 Å². The molecule has 1 aromatic heterocycles. The highest BCUT2D eigenvalue weighted by Crippen LogP contribution is 2.37. The number of rotatable bonds is 4. The lowest BCUT2D eigenvalue weighted by Gasteiger charge is -2.24. The largest absolute Gasteiger partial charge is 0.480 e. The van der Waals surface area contributed by atoms with Crippen LogP contribution in [-0.4, -0.2) is 26.1 Å². The number of benzene rings is 2. The van der Waals surface area contributed by atoms with E-state index in [2.05, 4.69) is 6.07 Å². The second-order valence-corrected chi connectivity index (χ2v) is 8.21. The number of hydrogen-bond acceptors (Lipinski definition) is 2. The minimum atomic E-state index is -0.980. The molecule has 0 radical (unpaired) electrons. The molecule has 2 aromatic carbocycles. The Hall–Kier alpha value is -2.40. The summed E-state index contributed by atoms with van der Waals surface area (Å²) in [6.45, 7) is 0. The van der Waals surface area contributed by atoms with Crippen molar-refractivity contribution in [1.82, 2.24) is 4.57 Å². The third-order valence-electron chi connectivity index (χ3n) is 5.25. The van der Waals surface area contributed by atoms with Gasteiger partial charge in [-0.2, -0.15) is 0 Å². The van der Waals surface area contributed by atoms with E-state index < -0.39 is 22.8 Å². The number of carboxylic acid groups (broad SMARTS) is 1. The van der Waals surface area contributed by atoms with Gasteiger partial charge in [0, 0.05) is 38.5 Å². The fraction of sp³-hybridized carbons (Fsp3) is 0.286. The van der Waals surface area contributed by atoms with Crippen molar-refractivity contribution in [1.29, 1.82) is 0 Å². The van der Waals surface area contributed by atoms with Gasteiger partial charge in [0.2, 0.25) is 0 Å². The van der Waals surface area contributed by atoms with Crippen molar-refractivity contribution >= 4 is 27.7 Å². The second-order valence-electron chi connectivity index (χ2n) is 6.83. The normalized spacial score (nSPS) is 17.8. The first-order valence-electron chi connectivity index (χ1n) is 8.82. The SMILES string of the molecule is CS(=O)c1ccc(Cc2c3n(c4ccccc24)C(C(=O)O)CCC3)cc1. The third kappa shape index (κ3) is 2.86. The van der Waals surface area contributed by atoms with Crippen LogP contribution in [0.4, 0.5) is 0 Å². The Labute approximate surface area is 154 Å². The highest BCUT2D eigenvalue weighted by Gasteiger charge is 2.30. The molecule has 0 bridgehead atoms. The van der Waals surface area contributed by atoms with Crippen molar-refractivity contribution in [3.05, 3.63) is 65.4 Å². The van der Waals surface area contributed by atoms with E-state index in [0.29, 0.717) is 6.42 Å². The van der Waals surface area contributed by atoms with Crippen molar-refractivity contribution < 1.29 is 14.1 Å². The smallest absolute Gasteiger partial charge is 0.326 e. The van der Waals surface area contributed by atoms with Crippen molar-refractivity contribution in [2.75, 3.05) is 6.26 Å². The van der Waals surface area contributed by atoms with Crippen LogP contribution < -0.4 is 0 Å². The van der Waals surface area contributed by atoms with Gasteiger partial charge in [-0.1, -0.05) is 30.3 Å². The summed E-state index contributed by atoms with van der Waals surface area (Å²) < 4.78 is 13.6. The molecular weight excluding hydrogens is 346 g/mol. The lowest BCUT2D eigenvalue weighted by Crippen LogP contribution is -2.25. The molecule has 1 aliphatic rings. The summed E-state index contributed by atoms with van der Waals surface area (Å²) in [6, 6.07) is 15.5.